The van der Waals surface area contributed by atoms with Crippen molar-refractivity contribution >= 4 is 11.8 Å². The van der Waals surface area contributed by atoms with E-state index in [0.29, 0.717) is 23.7 Å². The normalized spacial score (nSPS) is 10.9. The molecule has 9 heteroatoms. The summed E-state index contributed by atoms with van der Waals surface area (Å²) in [6, 6.07) is 13.1. The van der Waals surface area contributed by atoms with Gasteiger partial charge in [-0.25, -0.2) is 18.3 Å². The molecule has 0 radical (unpaired) electrons. The maximum Gasteiger partial charge on any atom is 0.411 e. The van der Waals surface area contributed by atoms with Gasteiger partial charge in [-0.3, -0.25) is 10.1 Å². The summed E-state index contributed by atoms with van der Waals surface area (Å²) in [6.07, 6.45) is 0.133. The van der Waals surface area contributed by atoms with Crippen molar-refractivity contribution in [1.82, 2.24) is 15.1 Å². The number of aromatic nitrogens is 2. The first-order chi connectivity index (χ1) is 15.8. The maximum absolute atomic E-state index is 13.6. The van der Waals surface area contributed by atoms with E-state index in [1.807, 2.05) is 13.8 Å². The van der Waals surface area contributed by atoms with E-state index >= 15 is 0 Å². The lowest BCUT2D eigenvalue weighted by atomic mass is 10.1. The van der Waals surface area contributed by atoms with Gasteiger partial charge in [0.1, 0.15) is 11.6 Å². The minimum Gasteiger partial charge on any atom is -0.449 e. The van der Waals surface area contributed by atoms with Crippen molar-refractivity contribution in [3.63, 3.8) is 0 Å². The van der Waals surface area contributed by atoms with Gasteiger partial charge in [0, 0.05) is 29.4 Å². The number of nitrogens with one attached hydrogen (secondary N) is 2. The van der Waals surface area contributed by atoms with Gasteiger partial charge in [0.05, 0.1) is 18.8 Å². The fraction of sp³-hybridized carbons (Fsp3) is 0.292. The fourth-order valence-electron chi connectivity index (χ4n) is 3.12. The zero-order chi connectivity index (χ0) is 23.8. The number of halogens is 2. The van der Waals surface area contributed by atoms with Crippen LogP contribution in [0, 0.1) is 11.6 Å². The molecule has 0 spiro atoms. The number of anilines is 1. The summed E-state index contributed by atoms with van der Waals surface area (Å²) >= 11 is 0. The molecule has 0 aliphatic carbocycles. The molecule has 0 atom stereocenters. The molecule has 174 valence electrons. The average molecular weight is 456 g/mol. The molecule has 0 saturated carbocycles. The van der Waals surface area contributed by atoms with Crippen LogP contribution in [0.5, 0.6) is 0 Å². The number of rotatable bonds is 9. The molecule has 3 rings (SSSR count). The topological polar surface area (TPSA) is 85.2 Å². The largest absolute Gasteiger partial charge is 0.449 e. The molecular weight excluding hydrogens is 430 g/mol. The molecule has 0 aliphatic heterocycles. The molecule has 1 heterocycles. The smallest absolute Gasteiger partial charge is 0.411 e. The van der Waals surface area contributed by atoms with Gasteiger partial charge < -0.3 is 10.1 Å². The van der Waals surface area contributed by atoms with Crippen LogP contribution < -0.4 is 16.2 Å². The van der Waals surface area contributed by atoms with Crippen LogP contribution in [-0.4, -0.2) is 35.1 Å². The molecule has 0 unspecified atom stereocenters. The van der Waals surface area contributed by atoms with E-state index in [0.717, 1.165) is 24.7 Å². The van der Waals surface area contributed by atoms with Crippen LogP contribution in [0.25, 0.3) is 11.3 Å². The molecular formula is C24H26F2N4O3. The van der Waals surface area contributed by atoms with E-state index in [1.54, 1.807) is 24.3 Å². The Kier molecular flexibility index (Phi) is 8.26. The Balaban J connectivity index is 1.65. The second-order valence-electron chi connectivity index (χ2n) is 7.80. The van der Waals surface area contributed by atoms with Crippen LogP contribution in [0.3, 0.4) is 0 Å². The van der Waals surface area contributed by atoms with E-state index in [1.165, 1.54) is 16.8 Å². The number of carbonyl (C=O) groups is 1. The number of hydrogen-bond donors (Lipinski definition) is 2. The highest BCUT2D eigenvalue weighted by Crippen LogP contribution is 2.19. The van der Waals surface area contributed by atoms with Crippen molar-refractivity contribution < 1.29 is 18.3 Å². The van der Waals surface area contributed by atoms with Gasteiger partial charge in [0.15, 0.2) is 0 Å². The molecule has 0 fully saturated rings. The highest BCUT2D eigenvalue weighted by molar-refractivity contribution is 5.84. The number of hydrogen-bond acceptors (Lipinski definition) is 5. The molecule has 7 nitrogen and oxygen atoms in total. The second-order valence-corrected chi connectivity index (χ2v) is 7.80. The number of carbonyl (C=O) groups excluding carboxylic acids is 1. The summed E-state index contributed by atoms with van der Waals surface area (Å²) in [5, 5.41) is 10.1. The van der Waals surface area contributed by atoms with Gasteiger partial charge in [-0.05, 0) is 48.9 Å². The second kappa shape index (κ2) is 11.3. The van der Waals surface area contributed by atoms with Gasteiger partial charge in [-0.1, -0.05) is 26.0 Å². The highest BCUT2D eigenvalue weighted by atomic mass is 19.1. The Labute approximate surface area is 190 Å². The first-order valence-corrected chi connectivity index (χ1v) is 10.6. The van der Waals surface area contributed by atoms with Crippen molar-refractivity contribution in [1.29, 1.82) is 0 Å². The summed E-state index contributed by atoms with van der Waals surface area (Å²) < 4.78 is 33.5. The van der Waals surface area contributed by atoms with Crippen molar-refractivity contribution in [3.05, 3.63) is 82.1 Å². The zero-order valence-electron chi connectivity index (χ0n) is 18.5. The lowest BCUT2D eigenvalue weighted by Gasteiger charge is -2.11. The van der Waals surface area contributed by atoms with Crippen LogP contribution in [-0.2, 0) is 11.3 Å². The van der Waals surface area contributed by atoms with Crippen molar-refractivity contribution in [2.45, 2.75) is 32.9 Å². The molecule has 2 aromatic carbocycles. The minimum atomic E-state index is -0.730. The molecule has 1 aromatic heterocycles. The van der Waals surface area contributed by atoms with Crippen LogP contribution in [0.4, 0.5) is 19.3 Å². The maximum atomic E-state index is 13.6. The predicted molar refractivity (Wildman–Crippen MR) is 122 cm³/mol. The molecule has 0 saturated heterocycles. The summed E-state index contributed by atoms with van der Waals surface area (Å²) in [5.41, 5.74) is 1.32. The summed E-state index contributed by atoms with van der Waals surface area (Å²) in [7, 11) is 0. The van der Waals surface area contributed by atoms with Gasteiger partial charge in [-0.15, -0.1) is 0 Å². The standard InChI is InChI=1S/C24H26F2N4O3/c1-16(2)27-9-4-10-33-24(32)28-21-6-3-5-17(11-21)15-30-23(31)8-7-22(29-30)18-12-19(25)14-20(26)13-18/h3,5-8,11-14,16,27H,4,9-10,15H2,1-2H3,(H,28,32). The Morgan fingerprint density at radius 3 is 2.58 bits per heavy atom. The lowest BCUT2D eigenvalue weighted by Crippen LogP contribution is -2.25. The van der Waals surface area contributed by atoms with Gasteiger partial charge in [0.25, 0.3) is 5.56 Å². The van der Waals surface area contributed by atoms with E-state index in [9.17, 15) is 18.4 Å². The number of amides is 1. The Hall–Kier alpha value is -3.59. The lowest BCUT2D eigenvalue weighted by molar-refractivity contribution is 0.160. The average Bonchev–Trinajstić information content (AvgIpc) is 2.74. The third kappa shape index (κ3) is 7.50. The Morgan fingerprint density at radius 1 is 1.09 bits per heavy atom. The first-order valence-electron chi connectivity index (χ1n) is 10.6. The van der Waals surface area contributed by atoms with Crippen LogP contribution >= 0.6 is 0 Å². The van der Waals surface area contributed by atoms with Crippen LogP contribution in [0.2, 0.25) is 0 Å². The van der Waals surface area contributed by atoms with Gasteiger partial charge in [-0.2, -0.15) is 5.10 Å². The van der Waals surface area contributed by atoms with Crippen LogP contribution in [0.1, 0.15) is 25.8 Å². The molecule has 0 aliphatic rings. The number of nitrogens with zero attached hydrogens (tertiary/aromatic N) is 2. The SMILES string of the molecule is CC(C)NCCCOC(=O)Nc1cccc(Cn2nc(-c3cc(F)cc(F)c3)ccc2=O)c1. The van der Waals surface area contributed by atoms with E-state index in [4.69, 9.17) is 4.74 Å². The molecule has 0 bridgehead atoms. The molecule has 2 N–H and O–H groups in total. The van der Waals surface area contributed by atoms with Crippen molar-refractivity contribution in [2.75, 3.05) is 18.5 Å². The van der Waals surface area contributed by atoms with E-state index in [2.05, 4.69) is 15.7 Å². The molecule has 1 amide bonds. The zero-order valence-corrected chi connectivity index (χ0v) is 18.5. The van der Waals surface area contributed by atoms with Gasteiger partial charge in [0.2, 0.25) is 0 Å². The van der Waals surface area contributed by atoms with Crippen molar-refractivity contribution in [2.24, 2.45) is 0 Å². The first kappa shape index (κ1) is 24.1. The fourth-order valence-corrected chi connectivity index (χ4v) is 3.12. The summed E-state index contributed by atoms with van der Waals surface area (Å²) in [4.78, 5) is 24.3. The summed E-state index contributed by atoms with van der Waals surface area (Å²) in [5.74, 6) is -1.46. The van der Waals surface area contributed by atoms with E-state index < -0.39 is 17.7 Å². The monoisotopic (exact) mass is 456 g/mol. The Bertz CT molecular complexity index is 1140. The third-order valence-corrected chi connectivity index (χ3v) is 4.64. The predicted octanol–water partition coefficient (Wildman–Crippen LogP) is 4.17. The van der Waals surface area contributed by atoms with E-state index in [-0.39, 0.29) is 30.0 Å². The number of benzene rings is 2. The third-order valence-electron chi connectivity index (χ3n) is 4.64. The molecule has 3 aromatic rings. The quantitative estimate of drug-likeness (QED) is 0.472. The number of ether oxygens (including phenoxy) is 1. The highest BCUT2D eigenvalue weighted by Gasteiger charge is 2.09. The minimum absolute atomic E-state index is 0.107. The Morgan fingerprint density at radius 2 is 1.85 bits per heavy atom. The van der Waals surface area contributed by atoms with Crippen LogP contribution in [0.15, 0.2) is 59.4 Å². The molecule has 33 heavy (non-hydrogen) atoms. The van der Waals surface area contributed by atoms with Gasteiger partial charge >= 0.3 is 6.09 Å². The van der Waals surface area contributed by atoms with Crippen molar-refractivity contribution in [3.8, 4) is 11.3 Å². The summed E-state index contributed by atoms with van der Waals surface area (Å²) in [6.45, 7) is 5.24.